The van der Waals surface area contributed by atoms with Gasteiger partial charge in [0.2, 0.25) is 0 Å². The van der Waals surface area contributed by atoms with Gasteiger partial charge in [0.25, 0.3) is 0 Å². The Labute approximate surface area is 175 Å². The summed E-state index contributed by atoms with van der Waals surface area (Å²) in [6, 6.07) is 8.66. The Hall–Kier alpha value is -2.30. The molecule has 0 unspecified atom stereocenters. The van der Waals surface area contributed by atoms with Gasteiger partial charge in [-0.05, 0) is 38.3 Å². The van der Waals surface area contributed by atoms with Crippen LogP contribution in [0.25, 0.3) is 0 Å². The first-order valence-corrected chi connectivity index (χ1v) is 12.9. The quantitative estimate of drug-likeness (QED) is 0.480. The SMILES string of the molecule is CC(=C=C[Si](C)(C)C(C)(C)C)[C@](NC(=O)OC(C)(C)C)(C(=O)O)c1ccccc1. The van der Waals surface area contributed by atoms with Gasteiger partial charge in [0, 0.05) is 5.57 Å². The van der Waals surface area contributed by atoms with E-state index in [1.54, 1.807) is 58.0 Å². The van der Waals surface area contributed by atoms with E-state index < -0.39 is 31.3 Å². The largest absolute Gasteiger partial charge is 0.479 e. The molecular weight excluding hydrogens is 382 g/mol. The van der Waals surface area contributed by atoms with Gasteiger partial charge in [-0.3, -0.25) is 5.32 Å². The first kappa shape index (κ1) is 24.7. The van der Waals surface area contributed by atoms with Crippen LogP contribution in [-0.4, -0.2) is 30.8 Å². The fourth-order valence-electron chi connectivity index (χ4n) is 2.48. The molecule has 1 aromatic carbocycles. The van der Waals surface area contributed by atoms with Crippen molar-refractivity contribution in [3.05, 3.63) is 52.9 Å². The Bertz CT molecular complexity index is 810. The lowest BCUT2D eigenvalue weighted by molar-refractivity contribution is -0.143. The first-order chi connectivity index (χ1) is 13.0. The minimum absolute atomic E-state index is 0.0809. The summed E-state index contributed by atoms with van der Waals surface area (Å²) in [5.41, 5.74) is 3.54. The van der Waals surface area contributed by atoms with Gasteiger partial charge in [0.15, 0.2) is 5.54 Å². The van der Waals surface area contributed by atoms with Crippen LogP contribution in [0.5, 0.6) is 0 Å². The third-order valence-electron chi connectivity index (χ3n) is 5.36. The van der Waals surface area contributed by atoms with E-state index in [2.05, 4.69) is 44.9 Å². The third kappa shape index (κ3) is 6.08. The lowest BCUT2D eigenvalue weighted by Gasteiger charge is -2.34. The van der Waals surface area contributed by atoms with Crippen molar-refractivity contribution in [2.45, 2.75) is 77.7 Å². The zero-order valence-electron chi connectivity index (χ0n) is 19.1. The standard InChI is InChI=1S/C23H35NO4Si/c1-17(15-16-29(8,9)22(5,6)7)23(19(25)26,18-13-11-10-12-14-18)24-20(27)28-21(2,3)4/h10-14,16H,1-9H3,(H,24,27)(H,25,26)/t15?,23-/m1/s1. The van der Waals surface area contributed by atoms with Gasteiger partial charge in [-0.2, -0.15) is 0 Å². The number of carboxylic acids is 1. The number of carbonyl (C=O) groups excluding carboxylic acids is 1. The Morgan fingerprint density at radius 2 is 1.59 bits per heavy atom. The third-order valence-corrected chi connectivity index (χ3v) is 10.1. The number of rotatable bonds is 5. The highest BCUT2D eigenvalue weighted by atomic mass is 28.3. The predicted molar refractivity (Wildman–Crippen MR) is 120 cm³/mol. The van der Waals surface area contributed by atoms with Crippen LogP contribution >= 0.6 is 0 Å². The molecule has 2 N–H and O–H groups in total. The maximum absolute atomic E-state index is 12.6. The fourth-order valence-corrected chi connectivity index (χ4v) is 3.49. The molecule has 0 radical (unpaired) electrons. The van der Waals surface area contributed by atoms with Gasteiger partial charge in [0.1, 0.15) is 5.60 Å². The van der Waals surface area contributed by atoms with Gasteiger partial charge in [0.05, 0.1) is 8.07 Å². The lowest BCUT2D eigenvalue weighted by atomic mass is 9.83. The molecule has 0 aliphatic carbocycles. The molecule has 1 amide bonds. The summed E-state index contributed by atoms with van der Waals surface area (Å²) in [7, 11) is -1.85. The Morgan fingerprint density at radius 1 is 1.07 bits per heavy atom. The molecule has 0 saturated heterocycles. The average Bonchev–Trinajstić information content (AvgIpc) is 2.55. The van der Waals surface area contributed by atoms with E-state index >= 15 is 0 Å². The topological polar surface area (TPSA) is 75.6 Å². The highest BCUT2D eigenvalue weighted by molar-refractivity contribution is 6.84. The fraction of sp³-hybridized carbons (Fsp3) is 0.522. The van der Waals surface area contributed by atoms with Crippen LogP contribution in [0.4, 0.5) is 4.79 Å². The highest BCUT2D eigenvalue weighted by Crippen LogP contribution is 2.37. The molecule has 0 bridgehead atoms. The van der Waals surface area contributed by atoms with Crippen LogP contribution in [0.2, 0.25) is 18.1 Å². The smallest absolute Gasteiger partial charge is 0.409 e. The lowest BCUT2D eigenvalue weighted by Crippen LogP contribution is -2.53. The maximum Gasteiger partial charge on any atom is 0.409 e. The Morgan fingerprint density at radius 3 is 2.00 bits per heavy atom. The molecule has 5 nitrogen and oxygen atoms in total. The molecule has 29 heavy (non-hydrogen) atoms. The molecule has 0 fully saturated rings. The number of aliphatic carboxylic acids is 1. The zero-order valence-corrected chi connectivity index (χ0v) is 20.1. The van der Waals surface area contributed by atoms with E-state index in [9.17, 15) is 14.7 Å². The minimum atomic E-state index is -1.85. The molecule has 0 aromatic heterocycles. The number of carboxylic acid groups (broad SMARTS) is 1. The summed E-state index contributed by atoms with van der Waals surface area (Å²) in [6.45, 7) is 17.8. The molecule has 0 saturated carbocycles. The normalized spacial score (nSPS) is 14.2. The number of amides is 1. The number of hydrogen-bond donors (Lipinski definition) is 2. The number of carbonyl (C=O) groups is 2. The molecule has 0 heterocycles. The van der Waals surface area contributed by atoms with Gasteiger partial charge in [-0.15, -0.1) is 5.73 Å². The van der Waals surface area contributed by atoms with Gasteiger partial charge >= 0.3 is 12.1 Å². The number of ether oxygens (including phenoxy) is 1. The molecule has 1 atom stereocenters. The van der Waals surface area contributed by atoms with E-state index in [4.69, 9.17) is 4.74 Å². The summed E-state index contributed by atoms with van der Waals surface area (Å²) in [5.74, 6) is -1.19. The molecule has 1 aromatic rings. The van der Waals surface area contributed by atoms with Crippen LogP contribution in [-0.2, 0) is 15.1 Å². The van der Waals surface area contributed by atoms with Crippen molar-refractivity contribution in [2.24, 2.45) is 0 Å². The molecule has 0 aliphatic rings. The minimum Gasteiger partial charge on any atom is -0.479 e. The van der Waals surface area contributed by atoms with E-state index in [1.807, 2.05) is 5.70 Å². The second kappa shape index (κ2) is 8.60. The zero-order chi connectivity index (χ0) is 22.7. The van der Waals surface area contributed by atoms with Crippen LogP contribution in [0, 0.1) is 0 Å². The second-order valence-corrected chi connectivity index (χ2v) is 15.2. The van der Waals surface area contributed by atoms with Crippen molar-refractivity contribution in [3.63, 3.8) is 0 Å². The average molecular weight is 418 g/mol. The van der Waals surface area contributed by atoms with Crippen molar-refractivity contribution in [3.8, 4) is 0 Å². The van der Waals surface area contributed by atoms with E-state index in [-0.39, 0.29) is 5.04 Å². The van der Waals surface area contributed by atoms with E-state index in [0.29, 0.717) is 11.1 Å². The summed E-state index contributed by atoms with van der Waals surface area (Å²) in [4.78, 5) is 25.1. The van der Waals surface area contributed by atoms with E-state index in [0.717, 1.165) is 0 Å². The van der Waals surface area contributed by atoms with Crippen LogP contribution < -0.4 is 5.32 Å². The Balaban J connectivity index is 3.65. The van der Waals surface area contributed by atoms with Crippen molar-refractivity contribution in [2.75, 3.05) is 0 Å². The number of nitrogens with one attached hydrogen (secondary N) is 1. The predicted octanol–water partition coefficient (Wildman–Crippen LogP) is 5.64. The summed E-state index contributed by atoms with van der Waals surface area (Å²) >= 11 is 0. The Kier molecular flexibility index (Phi) is 7.33. The van der Waals surface area contributed by atoms with Crippen LogP contribution in [0.3, 0.4) is 0 Å². The number of benzene rings is 1. The second-order valence-electron chi connectivity index (χ2n) is 9.93. The van der Waals surface area contributed by atoms with Gasteiger partial charge in [-0.1, -0.05) is 69.9 Å². The monoisotopic (exact) mass is 417 g/mol. The summed E-state index contributed by atoms with van der Waals surface area (Å²) < 4.78 is 5.36. The molecule has 0 aliphatic heterocycles. The molecule has 1 rings (SSSR count). The molecule has 0 spiro atoms. The molecule has 6 heteroatoms. The van der Waals surface area contributed by atoms with Gasteiger partial charge in [-0.25, -0.2) is 9.59 Å². The van der Waals surface area contributed by atoms with Crippen molar-refractivity contribution in [1.29, 1.82) is 0 Å². The maximum atomic E-state index is 12.6. The molecule has 160 valence electrons. The summed E-state index contributed by atoms with van der Waals surface area (Å²) in [6.07, 6.45) is -0.794. The van der Waals surface area contributed by atoms with E-state index in [1.165, 1.54) is 0 Å². The van der Waals surface area contributed by atoms with Crippen molar-refractivity contribution >= 4 is 20.1 Å². The first-order valence-electron chi connectivity index (χ1n) is 9.78. The van der Waals surface area contributed by atoms with Crippen LogP contribution in [0.15, 0.2) is 47.3 Å². The van der Waals surface area contributed by atoms with Crippen LogP contribution in [0.1, 0.15) is 54.0 Å². The molecular formula is C23H35NO4Si. The number of alkyl carbamates (subject to hydrolysis) is 1. The summed E-state index contributed by atoms with van der Waals surface area (Å²) in [5, 5.41) is 12.9. The van der Waals surface area contributed by atoms with Gasteiger partial charge < -0.3 is 9.84 Å². The highest BCUT2D eigenvalue weighted by Gasteiger charge is 2.45. The number of hydrogen-bond acceptors (Lipinski definition) is 3. The van der Waals surface area contributed by atoms with Crippen molar-refractivity contribution in [1.82, 2.24) is 5.32 Å². The van der Waals surface area contributed by atoms with Crippen molar-refractivity contribution < 1.29 is 19.4 Å².